The fraction of sp³-hybridized carbons (Fsp3) is 0.219. The van der Waals surface area contributed by atoms with E-state index in [1.807, 2.05) is 69.3 Å². The maximum absolute atomic E-state index is 12.9. The lowest BCUT2D eigenvalue weighted by Gasteiger charge is -2.21. The van der Waals surface area contributed by atoms with E-state index in [1.165, 1.54) is 51.9 Å². The van der Waals surface area contributed by atoms with Crippen LogP contribution < -0.4 is 15.0 Å². The number of hydrogen-bond donors (Lipinski definition) is 1. The Hall–Kier alpha value is -4.91. The van der Waals surface area contributed by atoms with Crippen LogP contribution in [0.2, 0.25) is 0 Å². The standard InChI is InChI=1S/C32H29F3N6O3S/c1-19(2)26-7-5-6-8-27(26)41-28(42)17-45-31(41)38-30(43)37-21(4)20(3)22-9-11-23(12-10-22)29-36-18-40(39-29)24-13-15-25(16-14-24)44-32(33,34)35/h5-16,18-19H,17H2,1-4H3,(H,37,43)/b21-20+,38-31?. The van der Waals surface area contributed by atoms with Crippen LogP contribution in [0.4, 0.5) is 23.7 Å². The van der Waals surface area contributed by atoms with E-state index >= 15 is 0 Å². The number of urea groups is 1. The summed E-state index contributed by atoms with van der Waals surface area (Å²) in [5, 5.41) is 7.58. The number of amides is 3. The number of aliphatic imine (C=N–C) groups is 1. The van der Waals surface area contributed by atoms with Gasteiger partial charge in [-0.2, -0.15) is 4.99 Å². The van der Waals surface area contributed by atoms with Gasteiger partial charge < -0.3 is 10.1 Å². The average Bonchev–Trinajstić information content (AvgIpc) is 3.63. The average molecular weight is 635 g/mol. The fourth-order valence-electron chi connectivity index (χ4n) is 4.64. The summed E-state index contributed by atoms with van der Waals surface area (Å²) in [4.78, 5) is 35.7. The molecule has 0 bridgehead atoms. The number of carbonyl (C=O) groups is 2. The molecule has 3 aromatic carbocycles. The van der Waals surface area contributed by atoms with Gasteiger partial charge in [0.05, 0.1) is 17.1 Å². The van der Waals surface area contributed by atoms with E-state index in [0.29, 0.717) is 22.4 Å². The minimum Gasteiger partial charge on any atom is -0.406 e. The molecule has 45 heavy (non-hydrogen) atoms. The van der Waals surface area contributed by atoms with Crippen molar-refractivity contribution in [3.05, 3.63) is 95.9 Å². The highest BCUT2D eigenvalue weighted by Gasteiger charge is 2.32. The zero-order valence-electron chi connectivity index (χ0n) is 24.8. The maximum atomic E-state index is 12.9. The van der Waals surface area contributed by atoms with Crippen molar-refractivity contribution in [1.82, 2.24) is 20.1 Å². The minimum absolute atomic E-state index is 0.129. The molecule has 1 N–H and O–H groups in total. The molecular formula is C32H29F3N6O3S. The summed E-state index contributed by atoms with van der Waals surface area (Å²) < 4.78 is 42.6. The van der Waals surface area contributed by atoms with Crippen LogP contribution in [0.15, 0.2) is 89.8 Å². The molecule has 3 amide bonds. The third-order valence-electron chi connectivity index (χ3n) is 7.02. The van der Waals surface area contributed by atoms with Gasteiger partial charge in [0, 0.05) is 11.3 Å². The van der Waals surface area contributed by atoms with Crippen LogP contribution in [0.1, 0.15) is 44.7 Å². The molecule has 0 spiro atoms. The van der Waals surface area contributed by atoms with Crippen LogP contribution in [-0.4, -0.2) is 44.0 Å². The molecule has 13 heteroatoms. The summed E-state index contributed by atoms with van der Waals surface area (Å²) in [6.07, 6.45) is -3.30. The number of carbonyl (C=O) groups excluding carboxylic acids is 2. The Kier molecular flexibility index (Phi) is 9.09. The van der Waals surface area contributed by atoms with E-state index < -0.39 is 12.4 Å². The number of halogens is 3. The summed E-state index contributed by atoms with van der Waals surface area (Å²) >= 11 is 1.23. The van der Waals surface area contributed by atoms with Gasteiger partial charge in [-0.3, -0.25) is 9.69 Å². The van der Waals surface area contributed by atoms with Crippen LogP contribution in [0, 0.1) is 0 Å². The molecule has 0 saturated carbocycles. The van der Waals surface area contributed by atoms with Crippen molar-refractivity contribution in [3.8, 4) is 22.8 Å². The summed E-state index contributed by atoms with van der Waals surface area (Å²) in [5.41, 5.74) is 5.22. The number of thioether (sulfide) groups is 1. The number of ether oxygens (including phenoxy) is 1. The summed E-state index contributed by atoms with van der Waals surface area (Å²) in [6, 6.07) is 19.7. The quantitative estimate of drug-likeness (QED) is 0.225. The van der Waals surface area contributed by atoms with Gasteiger partial charge in [-0.15, -0.1) is 18.3 Å². The van der Waals surface area contributed by atoms with Gasteiger partial charge in [0.2, 0.25) is 5.91 Å². The molecule has 232 valence electrons. The van der Waals surface area contributed by atoms with E-state index in [2.05, 4.69) is 25.1 Å². The van der Waals surface area contributed by atoms with Crippen LogP contribution in [0.5, 0.6) is 5.75 Å². The number of amidine groups is 1. The van der Waals surface area contributed by atoms with Gasteiger partial charge in [-0.25, -0.2) is 14.5 Å². The molecule has 5 rings (SSSR count). The van der Waals surface area contributed by atoms with E-state index in [1.54, 1.807) is 6.92 Å². The molecule has 1 aromatic heterocycles. The molecular weight excluding hydrogens is 605 g/mol. The van der Waals surface area contributed by atoms with Crippen molar-refractivity contribution in [2.45, 2.75) is 40.0 Å². The van der Waals surface area contributed by atoms with E-state index in [-0.39, 0.29) is 23.3 Å². The molecule has 1 aliphatic rings. The number of aromatic nitrogens is 3. The Balaban J connectivity index is 1.27. The SMILES string of the molecule is C/C(NC(=O)N=C1SCC(=O)N1c1ccccc1C(C)C)=C(/C)c1ccc(-c2ncn(-c3ccc(OC(F)(F)F)cc3)n2)cc1. The molecule has 2 heterocycles. The lowest BCUT2D eigenvalue weighted by molar-refractivity contribution is -0.274. The molecule has 1 aliphatic heterocycles. The Morgan fingerprint density at radius 2 is 1.71 bits per heavy atom. The summed E-state index contributed by atoms with van der Waals surface area (Å²) in [6.45, 7) is 7.74. The molecule has 0 aliphatic carbocycles. The van der Waals surface area contributed by atoms with Gasteiger partial charge in [0.25, 0.3) is 0 Å². The highest BCUT2D eigenvalue weighted by molar-refractivity contribution is 8.15. The Morgan fingerprint density at radius 1 is 1.02 bits per heavy atom. The van der Waals surface area contributed by atoms with Crippen molar-refractivity contribution in [2.75, 3.05) is 10.7 Å². The third kappa shape index (κ3) is 7.43. The largest absolute Gasteiger partial charge is 0.573 e. The van der Waals surface area contributed by atoms with Crippen LogP contribution in [-0.2, 0) is 4.79 Å². The first-order valence-electron chi connectivity index (χ1n) is 13.9. The predicted molar refractivity (Wildman–Crippen MR) is 168 cm³/mol. The topological polar surface area (TPSA) is 102 Å². The first-order chi connectivity index (χ1) is 21.4. The summed E-state index contributed by atoms with van der Waals surface area (Å²) in [5.74, 6) is 0.354. The predicted octanol–water partition coefficient (Wildman–Crippen LogP) is 7.55. The van der Waals surface area contributed by atoms with Crippen molar-refractivity contribution in [2.24, 2.45) is 4.99 Å². The Morgan fingerprint density at radius 3 is 2.38 bits per heavy atom. The normalized spacial score (nSPS) is 15.1. The van der Waals surface area contributed by atoms with E-state index in [4.69, 9.17) is 0 Å². The molecule has 0 radical (unpaired) electrons. The monoisotopic (exact) mass is 634 g/mol. The molecule has 1 saturated heterocycles. The van der Waals surface area contributed by atoms with Gasteiger partial charge in [0.1, 0.15) is 12.1 Å². The number of para-hydroxylation sites is 1. The van der Waals surface area contributed by atoms with Gasteiger partial charge in [-0.05, 0) is 66.8 Å². The second kappa shape index (κ2) is 13.0. The highest BCUT2D eigenvalue weighted by Crippen LogP contribution is 2.33. The van der Waals surface area contributed by atoms with E-state index in [9.17, 15) is 22.8 Å². The second-order valence-corrected chi connectivity index (χ2v) is 11.4. The molecule has 9 nitrogen and oxygen atoms in total. The number of hydrogen-bond acceptors (Lipinski definition) is 6. The van der Waals surface area contributed by atoms with Gasteiger partial charge in [-0.1, -0.05) is 68.1 Å². The number of nitrogens with one attached hydrogen (secondary N) is 1. The van der Waals surface area contributed by atoms with Gasteiger partial charge in [0.15, 0.2) is 11.0 Å². The van der Waals surface area contributed by atoms with Crippen LogP contribution in [0.25, 0.3) is 22.6 Å². The fourth-order valence-corrected chi connectivity index (χ4v) is 5.49. The Bertz CT molecular complexity index is 1780. The molecule has 0 unspecified atom stereocenters. The zero-order valence-corrected chi connectivity index (χ0v) is 25.6. The lowest BCUT2D eigenvalue weighted by atomic mass is 10.0. The molecule has 0 atom stereocenters. The van der Waals surface area contributed by atoms with Crippen molar-refractivity contribution < 1.29 is 27.5 Å². The molecule has 4 aromatic rings. The maximum Gasteiger partial charge on any atom is 0.573 e. The van der Waals surface area contributed by atoms with Crippen molar-refractivity contribution >= 4 is 40.1 Å². The van der Waals surface area contributed by atoms with Crippen molar-refractivity contribution in [3.63, 3.8) is 0 Å². The number of allylic oxidation sites excluding steroid dienone is 2. The first kappa shape index (κ1) is 31.5. The highest BCUT2D eigenvalue weighted by atomic mass is 32.2. The first-order valence-corrected chi connectivity index (χ1v) is 14.9. The summed E-state index contributed by atoms with van der Waals surface area (Å²) in [7, 11) is 0. The smallest absolute Gasteiger partial charge is 0.406 e. The third-order valence-corrected chi connectivity index (χ3v) is 7.95. The number of anilines is 1. The van der Waals surface area contributed by atoms with Crippen molar-refractivity contribution in [1.29, 1.82) is 0 Å². The number of nitrogens with zero attached hydrogens (tertiary/aromatic N) is 5. The van der Waals surface area contributed by atoms with Crippen LogP contribution in [0.3, 0.4) is 0 Å². The second-order valence-electron chi connectivity index (χ2n) is 10.4. The van der Waals surface area contributed by atoms with Gasteiger partial charge >= 0.3 is 12.4 Å². The Labute approximate surface area is 261 Å². The number of alkyl halides is 3. The molecule has 1 fully saturated rings. The van der Waals surface area contributed by atoms with E-state index in [0.717, 1.165) is 28.0 Å². The zero-order chi connectivity index (χ0) is 32.3. The van der Waals surface area contributed by atoms with Crippen LogP contribution >= 0.6 is 11.8 Å². The number of rotatable bonds is 7. The minimum atomic E-state index is -4.77. The lowest BCUT2D eigenvalue weighted by Crippen LogP contribution is -2.32. The number of benzene rings is 3.